The molecule has 1 aromatic rings. The highest BCUT2D eigenvalue weighted by Crippen LogP contribution is 2.33. The first-order valence-corrected chi connectivity index (χ1v) is 7.35. The first-order chi connectivity index (χ1) is 9.78. The van der Waals surface area contributed by atoms with Crippen LogP contribution in [-0.4, -0.2) is 33.5 Å². The van der Waals surface area contributed by atoms with Crippen LogP contribution in [-0.2, 0) is 4.74 Å². The molecule has 112 valence electrons. The smallest absolute Gasteiger partial charge is 0.127 e. The molecule has 2 unspecified atom stereocenters. The van der Waals surface area contributed by atoms with Crippen molar-refractivity contribution in [3.63, 3.8) is 0 Å². The lowest BCUT2D eigenvalue weighted by Crippen LogP contribution is -2.25. The molecule has 0 bridgehead atoms. The standard InChI is InChI=1S/C16H25NO3/c1-4-17-15(10-13-6-5-9-20-13)14-8-7-12(18-2)11-16(14)19-3/h7-8,11,13,15,17H,4-6,9-10H2,1-3H3. The highest BCUT2D eigenvalue weighted by molar-refractivity contribution is 5.42. The van der Waals surface area contributed by atoms with E-state index in [-0.39, 0.29) is 6.04 Å². The maximum atomic E-state index is 5.76. The van der Waals surface area contributed by atoms with Crippen LogP contribution in [0.4, 0.5) is 0 Å². The van der Waals surface area contributed by atoms with Gasteiger partial charge in [-0.25, -0.2) is 0 Å². The molecule has 2 rings (SSSR count). The third kappa shape index (κ3) is 3.64. The van der Waals surface area contributed by atoms with Gasteiger partial charge >= 0.3 is 0 Å². The monoisotopic (exact) mass is 279 g/mol. The topological polar surface area (TPSA) is 39.7 Å². The molecule has 1 fully saturated rings. The average molecular weight is 279 g/mol. The molecule has 1 heterocycles. The second-order valence-corrected chi connectivity index (χ2v) is 5.09. The molecule has 0 aromatic heterocycles. The fraction of sp³-hybridized carbons (Fsp3) is 0.625. The first-order valence-electron chi connectivity index (χ1n) is 7.35. The lowest BCUT2D eigenvalue weighted by molar-refractivity contribution is 0.0945. The molecule has 4 nitrogen and oxygen atoms in total. The Kier molecular flexibility index (Phi) is 5.68. The van der Waals surface area contributed by atoms with E-state index in [1.807, 2.05) is 12.1 Å². The molecule has 4 heteroatoms. The zero-order chi connectivity index (χ0) is 14.4. The van der Waals surface area contributed by atoms with Gasteiger partial charge in [-0.3, -0.25) is 0 Å². The lowest BCUT2D eigenvalue weighted by Gasteiger charge is -2.23. The molecule has 20 heavy (non-hydrogen) atoms. The van der Waals surface area contributed by atoms with Crippen molar-refractivity contribution in [2.75, 3.05) is 27.4 Å². The summed E-state index contributed by atoms with van der Waals surface area (Å²) in [6.07, 6.45) is 3.66. The summed E-state index contributed by atoms with van der Waals surface area (Å²) in [4.78, 5) is 0. The van der Waals surface area contributed by atoms with Crippen LogP contribution in [0.5, 0.6) is 11.5 Å². The zero-order valence-corrected chi connectivity index (χ0v) is 12.6. The largest absolute Gasteiger partial charge is 0.497 e. The fourth-order valence-corrected chi connectivity index (χ4v) is 2.77. The average Bonchev–Trinajstić information content (AvgIpc) is 2.99. The Bertz CT molecular complexity index is 416. The summed E-state index contributed by atoms with van der Waals surface area (Å²) in [5, 5.41) is 3.54. The van der Waals surface area contributed by atoms with E-state index >= 15 is 0 Å². The van der Waals surface area contributed by atoms with E-state index in [2.05, 4.69) is 18.3 Å². The molecule has 0 saturated carbocycles. The van der Waals surface area contributed by atoms with Gasteiger partial charge in [0.15, 0.2) is 0 Å². The molecule has 2 atom stereocenters. The minimum absolute atomic E-state index is 0.254. The maximum Gasteiger partial charge on any atom is 0.127 e. The predicted octanol–water partition coefficient (Wildman–Crippen LogP) is 2.92. The summed E-state index contributed by atoms with van der Waals surface area (Å²) in [7, 11) is 3.37. The van der Waals surface area contributed by atoms with Crippen molar-refractivity contribution in [1.29, 1.82) is 0 Å². The summed E-state index contributed by atoms with van der Waals surface area (Å²) in [5.74, 6) is 1.69. The van der Waals surface area contributed by atoms with Crippen molar-refractivity contribution < 1.29 is 14.2 Å². The molecule has 0 aliphatic carbocycles. The lowest BCUT2D eigenvalue weighted by atomic mass is 9.98. The molecule has 1 N–H and O–H groups in total. The fourth-order valence-electron chi connectivity index (χ4n) is 2.77. The van der Waals surface area contributed by atoms with Gasteiger partial charge in [-0.05, 0) is 31.9 Å². The molecule has 0 radical (unpaired) electrons. The first kappa shape index (κ1) is 15.1. The number of methoxy groups -OCH3 is 2. The van der Waals surface area contributed by atoms with E-state index in [4.69, 9.17) is 14.2 Å². The van der Waals surface area contributed by atoms with Crippen LogP contribution in [0.1, 0.15) is 37.8 Å². The number of rotatable bonds is 7. The maximum absolute atomic E-state index is 5.76. The van der Waals surface area contributed by atoms with E-state index in [0.717, 1.165) is 37.5 Å². The van der Waals surface area contributed by atoms with Gasteiger partial charge in [0.25, 0.3) is 0 Å². The molecular formula is C16H25NO3. The van der Waals surface area contributed by atoms with E-state index in [0.29, 0.717) is 6.10 Å². The highest BCUT2D eigenvalue weighted by atomic mass is 16.5. The molecule has 1 aliphatic rings. The number of hydrogen-bond donors (Lipinski definition) is 1. The van der Waals surface area contributed by atoms with E-state index in [9.17, 15) is 0 Å². The van der Waals surface area contributed by atoms with Gasteiger partial charge in [0.05, 0.1) is 20.3 Å². The van der Waals surface area contributed by atoms with Gasteiger partial charge < -0.3 is 19.5 Å². The zero-order valence-electron chi connectivity index (χ0n) is 12.6. The second kappa shape index (κ2) is 7.50. The Morgan fingerprint density at radius 2 is 2.20 bits per heavy atom. The van der Waals surface area contributed by atoms with Crippen LogP contribution in [0, 0.1) is 0 Å². The Balaban J connectivity index is 2.18. The Morgan fingerprint density at radius 3 is 2.80 bits per heavy atom. The molecule has 1 saturated heterocycles. The Morgan fingerprint density at radius 1 is 1.35 bits per heavy atom. The third-order valence-corrected chi connectivity index (χ3v) is 3.79. The normalized spacial score (nSPS) is 19.9. The number of nitrogens with one attached hydrogen (secondary N) is 1. The van der Waals surface area contributed by atoms with Crippen molar-refractivity contribution in [3.05, 3.63) is 23.8 Å². The Hall–Kier alpha value is -1.26. The minimum Gasteiger partial charge on any atom is -0.497 e. The number of benzene rings is 1. The van der Waals surface area contributed by atoms with Crippen molar-refractivity contribution in [2.45, 2.75) is 38.3 Å². The van der Waals surface area contributed by atoms with E-state index in [1.54, 1.807) is 14.2 Å². The Labute approximate surface area is 121 Å². The van der Waals surface area contributed by atoms with Crippen LogP contribution in [0.25, 0.3) is 0 Å². The number of hydrogen-bond acceptors (Lipinski definition) is 4. The van der Waals surface area contributed by atoms with Crippen LogP contribution in [0.3, 0.4) is 0 Å². The predicted molar refractivity (Wildman–Crippen MR) is 79.6 cm³/mol. The van der Waals surface area contributed by atoms with Crippen LogP contribution in [0.2, 0.25) is 0 Å². The number of ether oxygens (including phenoxy) is 3. The summed E-state index contributed by atoms with van der Waals surface area (Å²) in [6.45, 7) is 3.94. The third-order valence-electron chi connectivity index (χ3n) is 3.79. The van der Waals surface area contributed by atoms with Crippen LogP contribution in [0.15, 0.2) is 18.2 Å². The summed E-state index contributed by atoms with van der Waals surface area (Å²) >= 11 is 0. The van der Waals surface area contributed by atoms with Gasteiger partial charge in [0.1, 0.15) is 11.5 Å². The van der Waals surface area contributed by atoms with Crippen molar-refractivity contribution in [2.24, 2.45) is 0 Å². The SMILES string of the molecule is CCNC(CC1CCCO1)c1ccc(OC)cc1OC. The van der Waals surface area contributed by atoms with Crippen molar-refractivity contribution in [1.82, 2.24) is 5.32 Å². The van der Waals surface area contributed by atoms with Gasteiger partial charge in [0.2, 0.25) is 0 Å². The quantitative estimate of drug-likeness (QED) is 0.833. The van der Waals surface area contributed by atoms with Crippen LogP contribution < -0.4 is 14.8 Å². The van der Waals surface area contributed by atoms with Crippen LogP contribution >= 0.6 is 0 Å². The second-order valence-electron chi connectivity index (χ2n) is 5.09. The van der Waals surface area contributed by atoms with Gasteiger partial charge in [-0.15, -0.1) is 0 Å². The summed E-state index contributed by atoms with van der Waals surface area (Å²) in [6, 6.07) is 6.26. The molecular weight excluding hydrogens is 254 g/mol. The summed E-state index contributed by atoms with van der Waals surface area (Å²) < 4.78 is 16.5. The van der Waals surface area contributed by atoms with Crippen molar-refractivity contribution >= 4 is 0 Å². The van der Waals surface area contributed by atoms with Crippen molar-refractivity contribution in [3.8, 4) is 11.5 Å². The molecule has 1 aliphatic heterocycles. The highest BCUT2D eigenvalue weighted by Gasteiger charge is 2.23. The molecule has 0 spiro atoms. The molecule has 1 aromatic carbocycles. The minimum atomic E-state index is 0.254. The molecule has 0 amide bonds. The van der Waals surface area contributed by atoms with Gasteiger partial charge in [0, 0.05) is 24.3 Å². The summed E-state index contributed by atoms with van der Waals surface area (Å²) in [5.41, 5.74) is 1.17. The van der Waals surface area contributed by atoms with E-state index < -0.39 is 0 Å². The van der Waals surface area contributed by atoms with E-state index in [1.165, 1.54) is 12.0 Å². The van der Waals surface area contributed by atoms with Gasteiger partial charge in [-0.2, -0.15) is 0 Å². The van der Waals surface area contributed by atoms with Gasteiger partial charge in [-0.1, -0.05) is 13.0 Å².